The summed E-state index contributed by atoms with van der Waals surface area (Å²) in [6.07, 6.45) is 2.76. The van der Waals surface area contributed by atoms with Gasteiger partial charge in [-0.05, 0) is 74.2 Å². The molecule has 0 spiro atoms. The van der Waals surface area contributed by atoms with Gasteiger partial charge in [-0.25, -0.2) is 16.8 Å². The third kappa shape index (κ3) is 4.57. The van der Waals surface area contributed by atoms with Gasteiger partial charge in [0.1, 0.15) is 5.75 Å². The highest BCUT2D eigenvalue weighted by Gasteiger charge is 2.26. The van der Waals surface area contributed by atoms with Crippen molar-refractivity contribution in [3.8, 4) is 5.75 Å². The van der Waals surface area contributed by atoms with Gasteiger partial charge in [0.25, 0.3) is 10.0 Å². The Balaban J connectivity index is 1.83. The van der Waals surface area contributed by atoms with Crippen LogP contribution in [0.2, 0.25) is 0 Å². The maximum atomic E-state index is 12.8. The standard InChI is InChI=1S/C20H26N2O5S2/c1-15-14-20(16(2)13-19(15)27-3)28(23,24)21-17-7-9-18(10-8-17)29(25,26)22-11-5-4-6-12-22/h7-10,13-14,21H,4-6,11-12H2,1-3H3. The lowest BCUT2D eigenvalue weighted by Gasteiger charge is -2.25. The molecule has 1 saturated heterocycles. The number of ether oxygens (including phenoxy) is 1. The molecule has 1 heterocycles. The fourth-order valence-electron chi connectivity index (χ4n) is 3.43. The molecule has 3 rings (SSSR count). The molecule has 1 aliphatic rings. The first-order valence-electron chi connectivity index (χ1n) is 9.43. The summed E-state index contributed by atoms with van der Waals surface area (Å²) in [4.78, 5) is 0.319. The fourth-order valence-corrected chi connectivity index (χ4v) is 6.32. The third-order valence-corrected chi connectivity index (χ3v) is 8.48. The van der Waals surface area contributed by atoms with Crippen LogP contribution < -0.4 is 9.46 Å². The molecule has 2 aromatic rings. The van der Waals surface area contributed by atoms with Crippen LogP contribution in [-0.4, -0.2) is 41.3 Å². The predicted molar refractivity (Wildman–Crippen MR) is 112 cm³/mol. The van der Waals surface area contributed by atoms with Gasteiger partial charge >= 0.3 is 0 Å². The maximum Gasteiger partial charge on any atom is 0.262 e. The van der Waals surface area contributed by atoms with Gasteiger partial charge in [-0.3, -0.25) is 4.72 Å². The van der Waals surface area contributed by atoms with E-state index in [1.165, 1.54) is 35.7 Å². The van der Waals surface area contributed by atoms with Crippen molar-refractivity contribution in [3.63, 3.8) is 0 Å². The average Bonchev–Trinajstić information content (AvgIpc) is 2.70. The van der Waals surface area contributed by atoms with Gasteiger partial charge < -0.3 is 4.74 Å². The maximum absolute atomic E-state index is 12.8. The molecule has 7 nitrogen and oxygen atoms in total. The van der Waals surface area contributed by atoms with E-state index in [9.17, 15) is 16.8 Å². The molecule has 0 radical (unpaired) electrons. The lowest BCUT2D eigenvalue weighted by atomic mass is 10.1. The van der Waals surface area contributed by atoms with Crippen LogP contribution in [0.1, 0.15) is 30.4 Å². The van der Waals surface area contributed by atoms with Crippen molar-refractivity contribution < 1.29 is 21.6 Å². The number of nitrogens with one attached hydrogen (secondary N) is 1. The smallest absolute Gasteiger partial charge is 0.262 e. The van der Waals surface area contributed by atoms with E-state index >= 15 is 0 Å². The van der Waals surface area contributed by atoms with E-state index in [0.717, 1.165) is 19.3 Å². The van der Waals surface area contributed by atoms with Gasteiger partial charge in [0, 0.05) is 18.8 Å². The van der Waals surface area contributed by atoms with Crippen molar-refractivity contribution in [3.05, 3.63) is 47.5 Å². The van der Waals surface area contributed by atoms with Gasteiger partial charge in [-0.1, -0.05) is 6.42 Å². The summed E-state index contributed by atoms with van der Waals surface area (Å²) in [5.41, 5.74) is 1.57. The highest BCUT2D eigenvalue weighted by Crippen LogP contribution is 2.28. The van der Waals surface area contributed by atoms with Crippen LogP contribution in [0, 0.1) is 13.8 Å². The van der Waals surface area contributed by atoms with E-state index in [1.54, 1.807) is 26.0 Å². The number of methoxy groups -OCH3 is 1. The Kier molecular flexibility index (Phi) is 6.21. The molecule has 1 fully saturated rings. The number of benzene rings is 2. The van der Waals surface area contributed by atoms with Crippen molar-refractivity contribution >= 4 is 25.7 Å². The molecule has 9 heteroatoms. The van der Waals surface area contributed by atoms with Gasteiger partial charge in [0.05, 0.1) is 16.9 Å². The molecule has 1 N–H and O–H groups in total. The highest BCUT2D eigenvalue weighted by molar-refractivity contribution is 7.92. The minimum absolute atomic E-state index is 0.154. The Bertz CT molecular complexity index is 1090. The number of nitrogens with zero attached hydrogens (tertiary/aromatic N) is 1. The molecule has 158 valence electrons. The number of anilines is 1. The summed E-state index contributed by atoms with van der Waals surface area (Å²) in [5.74, 6) is 0.619. The molecular formula is C20H26N2O5S2. The van der Waals surface area contributed by atoms with E-state index in [2.05, 4.69) is 4.72 Å². The number of sulfonamides is 2. The lowest BCUT2D eigenvalue weighted by molar-refractivity contribution is 0.346. The summed E-state index contributed by atoms with van der Waals surface area (Å²) in [7, 11) is -5.84. The lowest BCUT2D eigenvalue weighted by Crippen LogP contribution is -2.35. The molecule has 1 aliphatic heterocycles. The van der Waals surface area contributed by atoms with Crippen LogP contribution in [0.25, 0.3) is 0 Å². The second kappa shape index (κ2) is 8.33. The number of piperidine rings is 1. The number of aryl methyl sites for hydroxylation is 2. The molecule has 0 aromatic heterocycles. The van der Waals surface area contributed by atoms with Gasteiger partial charge in [-0.15, -0.1) is 0 Å². The minimum atomic E-state index is -3.83. The SMILES string of the molecule is COc1cc(C)c(S(=O)(=O)Nc2ccc(S(=O)(=O)N3CCCCC3)cc2)cc1C. The summed E-state index contributed by atoms with van der Waals surface area (Å²) >= 11 is 0. The second-order valence-corrected chi connectivity index (χ2v) is 10.8. The van der Waals surface area contributed by atoms with E-state index in [1.807, 2.05) is 0 Å². The molecule has 0 amide bonds. The minimum Gasteiger partial charge on any atom is -0.496 e. The number of rotatable bonds is 6. The van der Waals surface area contributed by atoms with Crippen molar-refractivity contribution in [2.45, 2.75) is 42.9 Å². The summed E-state index contributed by atoms with van der Waals surface area (Å²) in [6.45, 7) is 4.52. The van der Waals surface area contributed by atoms with E-state index in [-0.39, 0.29) is 9.79 Å². The Morgan fingerprint density at radius 2 is 1.52 bits per heavy atom. The van der Waals surface area contributed by atoms with Crippen LogP contribution in [0.5, 0.6) is 5.75 Å². The molecular weight excluding hydrogens is 412 g/mol. The highest BCUT2D eigenvalue weighted by atomic mass is 32.2. The van der Waals surface area contributed by atoms with Crippen LogP contribution in [0.15, 0.2) is 46.2 Å². The van der Waals surface area contributed by atoms with Gasteiger partial charge in [0.2, 0.25) is 10.0 Å². The zero-order chi connectivity index (χ0) is 21.2. The Morgan fingerprint density at radius 3 is 2.10 bits per heavy atom. The Morgan fingerprint density at radius 1 is 0.897 bits per heavy atom. The van der Waals surface area contributed by atoms with E-state index in [4.69, 9.17) is 4.74 Å². The van der Waals surface area contributed by atoms with Crippen molar-refractivity contribution in [1.29, 1.82) is 0 Å². The number of hydrogen-bond acceptors (Lipinski definition) is 5. The zero-order valence-corrected chi connectivity index (χ0v) is 18.4. The van der Waals surface area contributed by atoms with Crippen LogP contribution in [0.3, 0.4) is 0 Å². The first-order valence-corrected chi connectivity index (χ1v) is 12.4. The normalized spacial score (nSPS) is 15.8. The zero-order valence-electron chi connectivity index (χ0n) is 16.8. The third-order valence-electron chi connectivity index (χ3n) is 5.04. The molecule has 2 aromatic carbocycles. The van der Waals surface area contributed by atoms with Gasteiger partial charge in [-0.2, -0.15) is 4.31 Å². The van der Waals surface area contributed by atoms with E-state index < -0.39 is 20.0 Å². The molecule has 0 unspecified atom stereocenters. The largest absolute Gasteiger partial charge is 0.496 e. The molecule has 0 aliphatic carbocycles. The van der Waals surface area contributed by atoms with Crippen molar-refractivity contribution in [1.82, 2.24) is 4.31 Å². The Labute approximate surface area is 172 Å². The molecule has 0 bridgehead atoms. The fraction of sp³-hybridized carbons (Fsp3) is 0.400. The molecule has 29 heavy (non-hydrogen) atoms. The van der Waals surface area contributed by atoms with Crippen LogP contribution >= 0.6 is 0 Å². The first-order chi connectivity index (χ1) is 13.6. The average molecular weight is 439 g/mol. The summed E-state index contributed by atoms with van der Waals surface area (Å²) in [6, 6.07) is 9.06. The van der Waals surface area contributed by atoms with Crippen LogP contribution in [0.4, 0.5) is 5.69 Å². The summed E-state index contributed by atoms with van der Waals surface area (Å²) < 4.78 is 60.3. The predicted octanol–water partition coefficient (Wildman–Crippen LogP) is 3.29. The Hall–Kier alpha value is -2.10. The number of hydrogen-bond donors (Lipinski definition) is 1. The molecule has 0 atom stereocenters. The monoisotopic (exact) mass is 438 g/mol. The van der Waals surface area contributed by atoms with Crippen LogP contribution in [-0.2, 0) is 20.0 Å². The quantitative estimate of drug-likeness (QED) is 0.747. The van der Waals surface area contributed by atoms with Gasteiger partial charge in [0.15, 0.2) is 0 Å². The van der Waals surface area contributed by atoms with E-state index in [0.29, 0.717) is 35.7 Å². The topological polar surface area (TPSA) is 92.8 Å². The molecule has 0 saturated carbocycles. The van der Waals surface area contributed by atoms with Crippen molar-refractivity contribution in [2.24, 2.45) is 0 Å². The van der Waals surface area contributed by atoms with Crippen molar-refractivity contribution in [2.75, 3.05) is 24.9 Å². The second-order valence-electron chi connectivity index (χ2n) is 7.18. The summed E-state index contributed by atoms with van der Waals surface area (Å²) in [5, 5.41) is 0. The first kappa shape index (κ1) is 21.6.